The van der Waals surface area contributed by atoms with E-state index in [2.05, 4.69) is 11.4 Å². The Hall–Kier alpha value is -3.54. The van der Waals surface area contributed by atoms with Gasteiger partial charge in [0.05, 0.1) is 37.3 Å². The van der Waals surface area contributed by atoms with Gasteiger partial charge < -0.3 is 19.5 Å². The van der Waals surface area contributed by atoms with Crippen LogP contribution in [0, 0.1) is 11.3 Å². The summed E-state index contributed by atoms with van der Waals surface area (Å²) < 4.78 is 16.4. The molecule has 180 valence electrons. The summed E-state index contributed by atoms with van der Waals surface area (Å²) in [6.45, 7) is 1.24. The van der Waals surface area contributed by atoms with E-state index >= 15 is 0 Å². The summed E-state index contributed by atoms with van der Waals surface area (Å²) in [5.74, 6) is 1.20. The number of benzene rings is 2. The van der Waals surface area contributed by atoms with Crippen molar-refractivity contribution in [3.8, 4) is 40.0 Å². The number of nitrogens with one attached hydrogen (secondary N) is 1. The van der Waals surface area contributed by atoms with Crippen molar-refractivity contribution >= 4 is 17.7 Å². The van der Waals surface area contributed by atoms with E-state index in [1.807, 2.05) is 54.6 Å². The molecule has 1 N–H and O–H groups in total. The highest BCUT2D eigenvalue weighted by molar-refractivity contribution is 8.00. The summed E-state index contributed by atoms with van der Waals surface area (Å²) in [7, 11) is 3.15. The van der Waals surface area contributed by atoms with Crippen molar-refractivity contribution in [1.82, 2.24) is 10.3 Å². The number of rotatable bonds is 9. The Morgan fingerprint density at radius 1 is 1.14 bits per heavy atom. The van der Waals surface area contributed by atoms with Crippen LogP contribution in [-0.2, 0) is 9.53 Å². The van der Waals surface area contributed by atoms with Crippen molar-refractivity contribution in [2.24, 2.45) is 0 Å². The average molecular weight is 490 g/mol. The van der Waals surface area contributed by atoms with Crippen molar-refractivity contribution in [3.05, 3.63) is 60.2 Å². The quantitative estimate of drug-likeness (QED) is 0.436. The molecule has 0 radical (unpaired) electrons. The maximum absolute atomic E-state index is 12.5. The first-order valence-corrected chi connectivity index (χ1v) is 12.4. The van der Waals surface area contributed by atoms with Gasteiger partial charge >= 0.3 is 0 Å². The van der Waals surface area contributed by atoms with Crippen molar-refractivity contribution in [3.63, 3.8) is 0 Å². The Morgan fingerprint density at radius 2 is 1.94 bits per heavy atom. The molecule has 1 aliphatic heterocycles. The van der Waals surface area contributed by atoms with Gasteiger partial charge in [0.1, 0.15) is 11.1 Å². The Kier molecular flexibility index (Phi) is 8.24. The summed E-state index contributed by atoms with van der Waals surface area (Å²) in [6, 6.07) is 19.5. The third kappa shape index (κ3) is 5.94. The van der Waals surface area contributed by atoms with E-state index in [4.69, 9.17) is 19.2 Å². The third-order valence-corrected chi connectivity index (χ3v) is 6.73. The number of carbonyl (C=O) groups excluding carboxylic acids is 1. The second-order valence-electron chi connectivity index (χ2n) is 8.01. The van der Waals surface area contributed by atoms with Crippen LogP contribution in [0.5, 0.6) is 11.5 Å². The molecule has 1 atom stereocenters. The lowest BCUT2D eigenvalue weighted by atomic mass is 9.99. The maximum atomic E-state index is 12.5. The number of hydrogen-bond acceptors (Lipinski definition) is 7. The number of amides is 1. The van der Waals surface area contributed by atoms with Gasteiger partial charge in [-0.25, -0.2) is 4.98 Å². The molecule has 0 spiro atoms. The number of hydrogen-bond donors (Lipinski definition) is 1. The summed E-state index contributed by atoms with van der Waals surface area (Å²) in [6.07, 6.45) is 2.06. The van der Waals surface area contributed by atoms with Gasteiger partial charge in [0.15, 0.2) is 11.5 Å². The predicted octanol–water partition coefficient (Wildman–Crippen LogP) is 4.69. The van der Waals surface area contributed by atoms with Gasteiger partial charge in [0.25, 0.3) is 0 Å². The molecule has 1 aliphatic rings. The van der Waals surface area contributed by atoms with Gasteiger partial charge in [0, 0.05) is 24.3 Å². The van der Waals surface area contributed by atoms with Crippen LogP contribution in [0.25, 0.3) is 22.4 Å². The van der Waals surface area contributed by atoms with Gasteiger partial charge in [0.2, 0.25) is 5.91 Å². The van der Waals surface area contributed by atoms with Crippen LogP contribution in [0.4, 0.5) is 0 Å². The highest BCUT2D eigenvalue weighted by Crippen LogP contribution is 2.38. The normalized spacial score (nSPS) is 14.8. The highest BCUT2D eigenvalue weighted by atomic mass is 32.2. The predicted molar refractivity (Wildman–Crippen MR) is 136 cm³/mol. The molecule has 2 heterocycles. The molecular formula is C27H27N3O4S. The largest absolute Gasteiger partial charge is 0.493 e. The van der Waals surface area contributed by atoms with Crippen LogP contribution in [0.3, 0.4) is 0 Å². The molecule has 4 rings (SSSR count). The average Bonchev–Trinajstić information content (AvgIpc) is 3.44. The van der Waals surface area contributed by atoms with Gasteiger partial charge in [-0.2, -0.15) is 5.26 Å². The van der Waals surface area contributed by atoms with E-state index in [-0.39, 0.29) is 17.8 Å². The van der Waals surface area contributed by atoms with E-state index in [0.29, 0.717) is 34.2 Å². The van der Waals surface area contributed by atoms with E-state index in [0.717, 1.165) is 36.3 Å². The molecule has 0 bridgehead atoms. The van der Waals surface area contributed by atoms with Crippen molar-refractivity contribution in [2.45, 2.75) is 24.0 Å². The Morgan fingerprint density at radius 3 is 2.63 bits per heavy atom. The molecule has 2 aromatic carbocycles. The standard InChI is InChI=1S/C27H27N3O4S/c1-32-24-11-10-19(13-25(24)33-2)21-14-23(18-7-4-3-5-8-18)30-27(22(21)15-28)35-17-26(31)29-16-20-9-6-12-34-20/h3-5,7-8,10-11,13-14,20H,6,9,12,16-17H2,1-2H3,(H,29,31)/t20-/m1/s1. The fraction of sp³-hybridized carbons (Fsp3) is 0.296. The number of nitriles is 1. The Labute approximate surface area is 209 Å². The molecule has 1 aromatic heterocycles. The van der Waals surface area contributed by atoms with Crippen molar-refractivity contribution < 1.29 is 19.0 Å². The molecule has 0 aliphatic carbocycles. The first-order chi connectivity index (χ1) is 17.1. The van der Waals surface area contributed by atoms with Crippen LogP contribution in [0.2, 0.25) is 0 Å². The SMILES string of the molecule is COc1ccc(-c2cc(-c3ccccc3)nc(SCC(=O)NC[C@H]3CCCO3)c2C#N)cc1OC. The van der Waals surface area contributed by atoms with Crippen LogP contribution in [-0.4, -0.2) is 50.1 Å². The molecule has 1 amide bonds. The number of aromatic nitrogens is 1. The number of carbonyl (C=O) groups is 1. The van der Waals surface area contributed by atoms with Crippen LogP contribution >= 0.6 is 11.8 Å². The number of ether oxygens (including phenoxy) is 3. The minimum absolute atomic E-state index is 0.0785. The van der Waals surface area contributed by atoms with Gasteiger partial charge in [-0.3, -0.25) is 4.79 Å². The van der Waals surface area contributed by atoms with Crippen molar-refractivity contribution in [2.75, 3.05) is 33.1 Å². The molecule has 8 heteroatoms. The maximum Gasteiger partial charge on any atom is 0.230 e. The van der Waals surface area contributed by atoms with Crippen LogP contribution in [0.15, 0.2) is 59.6 Å². The fourth-order valence-electron chi connectivity index (χ4n) is 3.94. The first-order valence-electron chi connectivity index (χ1n) is 11.4. The molecular weight excluding hydrogens is 462 g/mol. The van der Waals surface area contributed by atoms with E-state index in [1.165, 1.54) is 11.8 Å². The van der Waals surface area contributed by atoms with E-state index < -0.39 is 0 Å². The van der Waals surface area contributed by atoms with Gasteiger partial charge in [-0.05, 0) is 36.6 Å². The number of nitrogens with zero attached hydrogens (tertiary/aromatic N) is 2. The monoisotopic (exact) mass is 489 g/mol. The number of thioether (sulfide) groups is 1. The zero-order valence-electron chi connectivity index (χ0n) is 19.7. The third-order valence-electron chi connectivity index (χ3n) is 5.75. The fourth-order valence-corrected chi connectivity index (χ4v) is 4.77. The van der Waals surface area contributed by atoms with Crippen molar-refractivity contribution in [1.29, 1.82) is 5.26 Å². The van der Waals surface area contributed by atoms with Crippen LogP contribution < -0.4 is 14.8 Å². The minimum atomic E-state index is -0.117. The highest BCUT2D eigenvalue weighted by Gasteiger charge is 2.20. The smallest absolute Gasteiger partial charge is 0.230 e. The molecule has 7 nitrogen and oxygen atoms in total. The molecule has 3 aromatic rings. The Balaban J connectivity index is 1.67. The summed E-state index contributed by atoms with van der Waals surface area (Å²) in [4.78, 5) is 17.3. The second kappa shape index (κ2) is 11.7. The molecule has 0 unspecified atom stereocenters. The zero-order chi connectivity index (χ0) is 24.6. The molecule has 0 saturated carbocycles. The molecule has 1 saturated heterocycles. The zero-order valence-corrected chi connectivity index (χ0v) is 20.6. The van der Waals surface area contributed by atoms with Gasteiger partial charge in [-0.1, -0.05) is 48.2 Å². The molecule has 1 fully saturated rings. The van der Waals surface area contributed by atoms with Crippen LogP contribution in [0.1, 0.15) is 18.4 Å². The number of pyridine rings is 1. The van der Waals surface area contributed by atoms with E-state index in [9.17, 15) is 10.1 Å². The minimum Gasteiger partial charge on any atom is -0.493 e. The van der Waals surface area contributed by atoms with E-state index in [1.54, 1.807) is 14.2 Å². The summed E-state index contributed by atoms with van der Waals surface area (Å²) in [5, 5.41) is 13.5. The summed E-state index contributed by atoms with van der Waals surface area (Å²) >= 11 is 1.26. The second-order valence-corrected chi connectivity index (χ2v) is 8.97. The number of methoxy groups -OCH3 is 2. The Bertz CT molecular complexity index is 1220. The lowest BCUT2D eigenvalue weighted by Gasteiger charge is -2.15. The topological polar surface area (TPSA) is 93.5 Å². The first kappa shape index (κ1) is 24.6. The molecule has 35 heavy (non-hydrogen) atoms. The summed E-state index contributed by atoms with van der Waals surface area (Å²) in [5.41, 5.74) is 3.56. The van der Waals surface area contributed by atoms with Gasteiger partial charge in [-0.15, -0.1) is 0 Å². The lowest BCUT2D eigenvalue weighted by molar-refractivity contribution is -0.119. The lowest BCUT2D eigenvalue weighted by Crippen LogP contribution is -2.32.